The Bertz CT molecular complexity index is 475. The number of hydrogen-bond acceptors (Lipinski definition) is 6. The van der Waals surface area contributed by atoms with Crippen LogP contribution in [0.4, 0.5) is 0 Å². The average Bonchev–Trinajstić information content (AvgIpc) is 2.77. The van der Waals surface area contributed by atoms with Crippen LogP contribution >= 0.6 is 8.60 Å². The minimum Gasteiger partial charge on any atom is -0.460 e. The van der Waals surface area contributed by atoms with Crippen LogP contribution in [0.15, 0.2) is 0 Å². The molecule has 0 aliphatic heterocycles. The summed E-state index contributed by atoms with van der Waals surface area (Å²) in [5, 5.41) is 0. The maximum Gasteiger partial charge on any atom is 0.330 e. The zero-order chi connectivity index (χ0) is 26.2. The van der Waals surface area contributed by atoms with Crippen molar-refractivity contribution in [1.82, 2.24) is 0 Å². The number of carbonyl (C=O) groups excluding carboxylic acids is 1. The van der Waals surface area contributed by atoms with E-state index < -0.39 is 8.60 Å². The molecule has 0 radical (unpaired) electrons. The second-order valence-electron chi connectivity index (χ2n) is 10.6. The second-order valence-corrected chi connectivity index (χ2v) is 11.6. The summed E-state index contributed by atoms with van der Waals surface area (Å²) in [4.78, 5) is 21.2. The fourth-order valence-corrected chi connectivity index (χ4v) is 4.29. The van der Waals surface area contributed by atoms with Crippen molar-refractivity contribution in [3.63, 3.8) is 0 Å². The maximum absolute atomic E-state index is 11.4. The van der Waals surface area contributed by atoms with Gasteiger partial charge in [0.1, 0.15) is 19.3 Å². The summed E-state index contributed by atoms with van der Waals surface area (Å²) in [6.45, 7) is 6.17. The Morgan fingerprint density at radius 1 is 0.771 bits per heavy atom. The first-order valence-corrected chi connectivity index (χ1v) is 15.2. The lowest BCUT2D eigenvalue weighted by Gasteiger charge is -2.24. The minimum atomic E-state index is -1.91. The van der Waals surface area contributed by atoms with Gasteiger partial charge < -0.3 is 27.9 Å². The summed E-state index contributed by atoms with van der Waals surface area (Å²) in [5.74, 6) is -0.333. The predicted molar refractivity (Wildman–Crippen MR) is 145 cm³/mol. The normalized spacial score (nSPS) is 13.7. The smallest absolute Gasteiger partial charge is 0.330 e. The lowest BCUT2D eigenvalue weighted by atomic mass is 10.0. The monoisotopic (exact) mass is 522 g/mol. The van der Waals surface area contributed by atoms with Crippen LogP contribution in [-0.4, -0.2) is 75.6 Å². The van der Waals surface area contributed by atoms with Gasteiger partial charge in [0.15, 0.2) is 0 Å². The minimum absolute atomic E-state index is 0.257. The molecule has 0 heterocycles. The van der Waals surface area contributed by atoms with Crippen molar-refractivity contribution in [2.24, 2.45) is 0 Å². The zero-order valence-corrected chi connectivity index (χ0v) is 24.5. The van der Waals surface area contributed by atoms with Gasteiger partial charge in [-0.15, -0.1) is 0 Å². The molecule has 1 N–H and O–H groups in total. The third kappa shape index (κ3) is 28.1. The molecule has 0 aromatic rings. The van der Waals surface area contributed by atoms with Crippen LogP contribution in [0.1, 0.15) is 110 Å². The van der Waals surface area contributed by atoms with Gasteiger partial charge in [0, 0.05) is 20.0 Å². The molecule has 0 aromatic heterocycles. The summed E-state index contributed by atoms with van der Waals surface area (Å²) in [5.41, 5.74) is 0. The number of likely N-dealkylation sites (N-methyl/N-ethyl adjacent to an activating group) is 1. The highest BCUT2D eigenvalue weighted by Gasteiger charge is 2.16. The molecule has 0 saturated heterocycles. The van der Waals surface area contributed by atoms with Crippen molar-refractivity contribution in [2.45, 2.75) is 116 Å². The first-order chi connectivity index (χ1) is 16.7. The van der Waals surface area contributed by atoms with Crippen LogP contribution in [0, 0.1) is 0 Å². The van der Waals surface area contributed by atoms with E-state index in [9.17, 15) is 9.69 Å². The number of nitrogens with zero attached hydrogens (tertiary/aromatic N) is 1. The molecule has 0 bridgehead atoms. The van der Waals surface area contributed by atoms with Gasteiger partial charge in [-0.2, -0.15) is 0 Å². The molecule has 0 aliphatic rings. The molecule has 210 valence electrons. The Morgan fingerprint density at radius 2 is 1.26 bits per heavy atom. The largest absolute Gasteiger partial charge is 0.460 e. The van der Waals surface area contributed by atoms with Crippen molar-refractivity contribution in [3.8, 4) is 0 Å². The van der Waals surface area contributed by atoms with Crippen LogP contribution in [0.3, 0.4) is 0 Å². The molecule has 0 aliphatic carbocycles. The number of unbranched alkanes of at least 4 members (excludes halogenated alkanes) is 13. The Hall–Kier alpha value is -0.300. The first kappa shape index (κ1) is 34.7. The summed E-state index contributed by atoms with van der Waals surface area (Å²) >= 11 is 0. The third-order valence-electron chi connectivity index (χ3n) is 5.88. The van der Waals surface area contributed by atoms with Gasteiger partial charge in [-0.3, -0.25) is 4.79 Å². The van der Waals surface area contributed by atoms with E-state index in [1.807, 2.05) is 0 Å². The molecule has 0 aromatic carbocycles. The van der Waals surface area contributed by atoms with Gasteiger partial charge in [-0.1, -0.05) is 90.4 Å². The molecule has 35 heavy (non-hydrogen) atoms. The Balaban J connectivity index is 3.63. The Kier molecular flexibility index (Phi) is 23.9. The number of hydrogen-bond donors (Lipinski definition) is 1. The van der Waals surface area contributed by atoms with E-state index in [1.54, 1.807) is 0 Å². The third-order valence-corrected chi connectivity index (χ3v) is 6.69. The molecule has 0 amide bonds. The van der Waals surface area contributed by atoms with Gasteiger partial charge in [0.25, 0.3) is 0 Å². The Labute approximate surface area is 217 Å². The van der Waals surface area contributed by atoms with Crippen molar-refractivity contribution in [1.29, 1.82) is 0 Å². The van der Waals surface area contributed by atoms with Crippen LogP contribution in [0.25, 0.3) is 0 Å². The number of rotatable bonds is 26. The zero-order valence-electron chi connectivity index (χ0n) is 23.6. The van der Waals surface area contributed by atoms with Crippen molar-refractivity contribution < 1.29 is 32.7 Å². The van der Waals surface area contributed by atoms with Gasteiger partial charge in [0.2, 0.25) is 0 Å². The van der Waals surface area contributed by atoms with E-state index in [0.29, 0.717) is 26.2 Å². The topological polar surface area (TPSA) is 74.2 Å². The van der Waals surface area contributed by atoms with E-state index in [0.717, 1.165) is 17.4 Å². The molecule has 7 nitrogen and oxygen atoms in total. The number of quaternary nitrogens is 1. The summed E-state index contributed by atoms with van der Waals surface area (Å²) < 4.78 is 22.5. The summed E-state index contributed by atoms with van der Waals surface area (Å²) in [7, 11) is 4.28. The highest BCUT2D eigenvalue weighted by atomic mass is 31.2. The quantitative estimate of drug-likeness (QED) is 0.0585. The van der Waals surface area contributed by atoms with E-state index in [1.165, 1.54) is 90.4 Å². The second kappa shape index (κ2) is 24.1. The van der Waals surface area contributed by atoms with Crippen molar-refractivity contribution in [3.05, 3.63) is 0 Å². The van der Waals surface area contributed by atoms with Gasteiger partial charge >= 0.3 is 14.6 Å². The molecule has 0 fully saturated rings. The van der Waals surface area contributed by atoms with Crippen LogP contribution < -0.4 is 0 Å². The fraction of sp³-hybridized carbons (Fsp3) is 0.963. The molecule has 0 saturated carbocycles. The molecular weight excluding hydrogens is 465 g/mol. The molecule has 0 rings (SSSR count). The number of ether oxygens (including phenoxy) is 2. The average molecular weight is 523 g/mol. The van der Waals surface area contributed by atoms with Crippen LogP contribution in [0.2, 0.25) is 0 Å². The van der Waals surface area contributed by atoms with E-state index in [2.05, 4.69) is 28.1 Å². The van der Waals surface area contributed by atoms with Crippen molar-refractivity contribution >= 4 is 14.6 Å². The van der Waals surface area contributed by atoms with Gasteiger partial charge in [-0.05, 0) is 6.42 Å². The van der Waals surface area contributed by atoms with Crippen LogP contribution in [-0.2, 0) is 23.3 Å². The molecule has 2 unspecified atom stereocenters. The van der Waals surface area contributed by atoms with E-state index >= 15 is 0 Å². The van der Waals surface area contributed by atoms with Gasteiger partial charge in [0.05, 0.1) is 34.4 Å². The molecular formula is C27H57NO6P+. The van der Waals surface area contributed by atoms with E-state index in [4.69, 9.17) is 18.5 Å². The van der Waals surface area contributed by atoms with Crippen molar-refractivity contribution in [2.75, 3.05) is 54.1 Å². The lowest BCUT2D eigenvalue weighted by Crippen LogP contribution is -2.37. The molecule has 2 atom stereocenters. The maximum atomic E-state index is 11.4. The number of carbonyl (C=O) groups is 1. The highest BCUT2D eigenvalue weighted by molar-refractivity contribution is 7.40. The fourth-order valence-electron chi connectivity index (χ4n) is 3.72. The van der Waals surface area contributed by atoms with Crippen LogP contribution in [0.5, 0.6) is 0 Å². The first-order valence-electron chi connectivity index (χ1n) is 14.0. The lowest BCUT2D eigenvalue weighted by molar-refractivity contribution is -0.870. The molecule has 8 heteroatoms. The van der Waals surface area contributed by atoms with Gasteiger partial charge in [-0.25, -0.2) is 0 Å². The number of esters is 1. The standard InChI is InChI=1S/C27H57NO6P/c1-6-7-8-9-10-11-12-13-14-15-16-17-18-19-22-31-25-27(34-26(2)29)20-23-32-35(30)33-24-21-28(3,4)5/h27,30H,6-25H2,1-5H3/q+1. The SMILES string of the molecule is CCCCCCCCCCCCCCCCOCC(CCOP(O)OCC[N+](C)(C)C)OC(C)=O. The summed E-state index contributed by atoms with van der Waals surface area (Å²) in [6, 6.07) is 0. The van der Waals surface area contributed by atoms with E-state index in [-0.39, 0.29) is 18.7 Å². The highest BCUT2D eigenvalue weighted by Crippen LogP contribution is 2.32. The predicted octanol–water partition coefficient (Wildman–Crippen LogP) is 6.76. The summed E-state index contributed by atoms with van der Waals surface area (Å²) in [6.07, 6.45) is 18.8. The molecule has 0 spiro atoms. The Morgan fingerprint density at radius 3 is 1.74 bits per heavy atom.